The first-order chi connectivity index (χ1) is 10.1. The van der Waals surface area contributed by atoms with Gasteiger partial charge < -0.3 is 11.1 Å². The van der Waals surface area contributed by atoms with E-state index in [2.05, 4.69) is 45.1 Å². The molecule has 0 aliphatic carbocycles. The third kappa shape index (κ3) is 4.78. The molecule has 1 heterocycles. The molecule has 0 spiro atoms. The van der Waals surface area contributed by atoms with E-state index in [-0.39, 0.29) is 18.5 Å². The molecule has 1 atom stereocenters. The lowest BCUT2D eigenvalue weighted by Crippen LogP contribution is -2.19. The molecule has 1 unspecified atom stereocenters. The Morgan fingerprint density at radius 1 is 1.52 bits per heavy atom. The number of hydrogen-bond acceptors (Lipinski definition) is 4. The average Bonchev–Trinajstić information content (AvgIpc) is 2.87. The number of amides is 1. The van der Waals surface area contributed by atoms with Gasteiger partial charge in [0.1, 0.15) is 6.54 Å². The molecule has 112 valence electrons. The van der Waals surface area contributed by atoms with Crippen LogP contribution in [0, 0.1) is 3.57 Å². The fraction of sp³-hybridized carbons (Fsp3) is 0.357. The maximum atomic E-state index is 12.0. The van der Waals surface area contributed by atoms with Gasteiger partial charge in [-0.05, 0) is 47.2 Å². The van der Waals surface area contributed by atoms with Crippen LogP contribution in [0.5, 0.6) is 0 Å². The van der Waals surface area contributed by atoms with Crippen molar-refractivity contribution in [2.75, 3.05) is 5.32 Å². The van der Waals surface area contributed by atoms with Gasteiger partial charge in [0.2, 0.25) is 5.91 Å². The van der Waals surface area contributed by atoms with Gasteiger partial charge in [0, 0.05) is 9.26 Å². The summed E-state index contributed by atoms with van der Waals surface area (Å²) in [6, 6.07) is 7.50. The highest BCUT2D eigenvalue weighted by molar-refractivity contribution is 14.1. The van der Waals surface area contributed by atoms with Crippen LogP contribution >= 0.6 is 22.6 Å². The maximum absolute atomic E-state index is 12.0. The van der Waals surface area contributed by atoms with E-state index in [1.807, 2.05) is 24.3 Å². The average molecular weight is 399 g/mol. The van der Waals surface area contributed by atoms with E-state index in [0.29, 0.717) is 0 Å². The van der Waals surface area contributed by atoms with Crippen LogP contribution in [-0.4, -0.2) is 20.9 Å². The first-order valence-electron chi connectivity index (χ1n) is 6.79. The van der Waals surface area contributed by atoms with Gasteiger partial charge in [0.05, 0.1) is 17.9 Å². The second-order valence-electron chi connectivity index (χ2n) is 4.79. The summed E-state index contributed by atoms with van der Waals surface area (Å²) in [5, 5.41) is 10.8. The summed E-state index contributed by atoms with van der Waals surface area (Å²) in [5.41, 5.74) is 7.47. The number of carbonyl (C=O) groups excluding carboxylic acids is 1. The van der Waals surface area contributed by atoms with Crippen LogP contribution < -0.4 is 11.1 Å². The maximum Gasteiger partial charge on any atom is 0.246 e. The highest BCUT2D eigenvalue weighted by Crippen LogP contribution is 2.13. The Labute approximate surface area is 137 Å². The fourth-order valence-corrected chi connectivity index (χ4v) is 2.48. The van der Waals surface area contributed by atoms with E-state index in [1.165, 1.54) is 4.68 Å². The first kappa shape index (κ1) is 15.9. The van der Waals surface area contributed by atoms with E-state index in [0.717, 1.165) is 27.8 Å². The highest BCUT2D eigenvalue weighted by Gasteiger charge is 2.11. The molecule has 0 aliphatic rings. The number of rotatable bonds is 6. The van der Waals surface area contributed by atoms with Crippen LogP contribution in [0.15, 0.2) is 30.5 Å². The standard InChI is InChI=1S/C14H18IN5O/c1-2-4-12(16)13-8-20(19-18-13)9-14(21)17-11-6-3-5-10(15)7-11/h3,5-8,12H,2,4,9,16H2,1H3,(H,17,21). The van der Waals surface area contributed by atoms with Gasteiger partial charge in [0.15, 0.2) is 0 Å². The zero-order valence-electron chi connectivity index (χ0n) is 11.8. The number of hydrogen-bond donors (Lipinski definition) is 2. The molecule has 7 heteroatoms. The fourth-order valence-electron chi connectivity index (χ4n) is 1.93. The van der Waals surface area contributed by atoms with E-state index >= 15 is 0 Å². The van der Waals surface area contributed by atoms with Gasteiger partial charge in [-0.2, -0.15) is 0 Å². The summed E-state index contributed by atoms with van der Waals surface area (Å²) in [7, 11) is 0. The summed E-state index contributed by atoms with van der Waals surface area (Å²) in [5.74, 6) is -0.141. The highest BCUT2D eigenvalue weighted by atomic mass is 127. The molecule has 0 bridgehead atoms. The second kappa shape index (κ2) is 7.51. The minimum atomic E-state index is -0.141. The van der Waals surface area contributed by atoms with Crippen molar-refractivity contribution in [1.29, 1.82) is 0 Å². The number of nitrogens with two attached hydrogens (primary N) is 1. The number of halogens is 1. The van der Waals surface area contributed by atoms with Crippen molar-refractivity contribution in [1.82, 2.24) is 15.0 Å². The van der Waals surface area contributed by atoms with Crippen LogP contribution in [0.1, 0.15) is 31.5 Å². The van der Waals surface area contributed by atoms with Gasteiger partial charge in [-0.15, -0.1) is 5.10 Å². The summed E-state index contributed by atoms with van der Waals surface area (Å²) in [6.45, 7) is 2.19. The van der Waals surface area contributed by atoms with Crippen molar-refractivity contribution in [2.24, 2.45) is 5.73 Å². The molecule has 1 amide bonds. The van der Waals surface area contributed by atoms with Crippen molar-refractivity contribution in [3.8, 4) is 0 Å². The number of nitrogens with zero attached hydrogens (tertiary/aromatic N) is 3. The van der Waals surface area contributed by atoms with E-state index < -0.39 is 0 Å². The van der Waals surface area contributed by atoms with Crippen LogP contribution in [0.3, 0.4) is 0 Å². The van der Waals surface area contributed by atoms with Crippen molar-refractivity contribution in [3.63, 3.8) is 0 Å². The number of carbonyl (C=O) groups is 1. The molecule has 2 rings (SSSR count). The Bertz CT molecular complexity index is 613. The largest absolute Gasteiger partial charge is 0.324 e. The molecule has 0 saturated heterocycles. The lowest BCUT2D eigenvalue weighted by molar-refractivity contribution is -0.116. The molecule has 0 saturated carbocycles. The minimum Gasteiger partial charge on any atom is -0.324 e. The third-order valence-electron chi connectivity index (χ3n) is 2.95. The minimum absolute atomic E-state index is 0.122. The molecule has 2 aromatic rings. The molecule has 1 aromatic heterocycles. The molecule has 6 nitrogen and oxygen atoms in total. The van der Waals surface area contributed by atoms with Crippen LogP contribution in [0.4, 0.5) is 5.69 Å². The summed E-state index contributed by atoms with van der Waals surface area (Å²) >= 11 is 2.20. The number of nitrogens with one attached hydrogen (secondary N) is 1. The molecular formula is C14H18IN5O. The van der Waals surface area contributed by atoms with Crippen LogP contribution in [0.25, 0.3) is 0 Å². The Hall–Kier alpha value is -1.48. The summed E-state index contributed by atoms with van der Waals surface area (Å²) < 4.78 is 2.58. The molecule has 0 aliphatic heterocycles. The SMILES string of the molecule is CCCC(N)c1cn(CC(=O)Nc2cccc(I)c2)nn1. The zero-order valence-corrected chi connectivity index (χ0v) is 13.9. The second-order valence-corrected chi connectivity index (χ2v) is 6.04. The number of aromatic nitrogens is 3. The quantitative estimate of drug-likeness (QED) is 0.731. The van der Waals surface area contributed by atoms with Gasteiger partial charge in [-0.25, -0.2) is 4.68 Å². The van der Waals surface area contributed by atoms with Crippen molar-refractivity contribution < 1.29 is 4.79 Å². The topological polar surface area (TPSA) is 85.8 Å². The van der Waals surface area contributed by atoms with Gasteiger partial charge in [-0.1, -0.05) is 24.6 Å². The predicted octanol–water partition coefficient (Wildman–Crippen LogP) is 2.32. The number of anilines is 1. The third-order valence-corrected chi connectivity index (χ3v) is 3.62. The Kier molecular flexibility index (Phi) is 5.68. The van der Waals surface area contributed by atoms with E-state index in [9.17, 15) is 4.79 Å². The number of benzene rings is 1. The predicted molar refractivity (Wildman–Crippen MR) is 89.6 cm³/mol. The lowest BCUT2D eigenvalue weighted by Gasteiger charge is -2.06. The van der Waals surface area contributed by atoms with Crippen molar-refractivity contribution >= 4 is 34.2 Å². The lowest BCUT2D eigenvalue weighted by atomic mass is 10.1. The molecule has 1 aromatic carbocycles. The Balaban J connectivity index is 1.94. The Morgan fingerprint density at radius 3 is 3.05 bits per heavy atom. The van der Waals surface area contributed by atoms with E-state index in [1.54, 1.807) is 6.20 Å². The molecule has 0 fully saturated rings. The molecule has 21 heavy (non-hydrogen) atoms. The monoisotopic (exact) mass is 399 g/mol. The van der Waals surface area contributed by atoms with Crippen molar-refractivity contribution in [3.05, 3.63) is 39.7 Å². The molecule has 0 radical (unpaired) electrons. The summed E-state index contributed by atoms with van der Waals surface area (Å²) in [4.78, 5) is 12.0. The van der Waals surface area contributed by atoms with Crippen LogP contribution in [-0.2, 0) is 11.3 Å². The van der Waals surface area contributed by atoms with Gasteiger partial charge in [-0.3, -0.25) is 4.79 Å². The van der Waals surface area contributed by atoms with Crippen LogP contribution in [0.2, 0.25) is 0 Å². The van der Waals surface area contributed by atoms with Crippen molar-refractivity contribution in [2.45, 2.75) is 32.4 Å². The molecule has 3 N–H and O–H groups in total. The smallest absolute Gasteiger partial charge is 0.246 e. The van der Waals surface area contributed by atoms with E-state index in [4.69, 9.17) is 5.73 Å². The Morgan fingerprint density at radius 2 is 2.33 bits per heavy atom. The summed E-state index contributed by atoms with van der Waals surface area (Å²) in [6.07, 6.45) is 3.57. The molecular weight excluding hydrogens is 381 g/mol. The first-order valence-corrected chi connectivity index (χ1v) is 7.87. The normalized spacial score (nSPS) is 12.1. The zero-order chi connectivity index (χ0) is 15.2. The van der Waals surface area contributed by atoms with Gasteiger partial charge >= 0.3 is 0 Å². The van der Waals surface area contributed by atoms with Gasteiger partial charge in [0.25, 0.3) is 0 Å².